The highest BCUT2D eigenvalue weighted by molar-refractivity contribution is 6.30. The van der Waals surface area contributed by atoms with Crippen molar-refractivity contribution in [2.75, 3.05) is 0 Å². The molecule has 0 bridgehead atoms. The molecule has 0 atom stereocenters. The lowest BCUT2D eigenvalue weighted by Gasteiger charge is -1.97. The van der Waals surface area contributed by atoms with Gasteiger partial charge in [-0.15, -0.1) is 0 Å². The Balaban J connectivity index is 2.81. The quantitative estimate of drug-likeness (QED) is 0.675. The average Bonchev–Trinajstić information content (AvgIpc) is 2.05. The van der Waals surface area contributed by atoms with Crippen LogP contribution in [0.5, 0.6) is 0 Å². The highest BCUT2D eigenvalue weighted by atomic mass is 35.5. The molecule has 12 heavy (non-hydrogen) atoms. The molecular weight excluding hydrogens is 174 g/mol. The normalized spacial score (nSPS) is 9.83. The number of Topliss-reactive ketones (excluding diaryl/α,β-unsaturated/α-hetero) is 1. The van der Waals surface area contributed by atoms with Crippen LogP contribution in [0.4, 0.5) is 0 Å². The van der Waals surface area contributed by atoms with Gasteiger partial charge in [0.2, 0.25) is 0 Å². The summed E-state index contributed by atoms with van der Waals surface area (Å²) >= 11 is 5.67. The van der Waals surface area contributed by atoms with Crippen molar-refractivity contribution in [3.63, 3.8) is 0 Å². The van der Waals surface area contributed by atoms with E-state index in [1.54, 1.807) is 12.3 Å². The van der Waals surface area contributed by atoms with E-state index in [2.05, 4.69) is 4.98 Å². The van der Waals surface area contributed by atoms with Crippen LogP contribution < -0.4 is 0 Å². The van der Waals surface area contributed by atoms with Gasteiger partial charge in [0.05, 0.1) is 5.02 Å². The van der Waals surface area contributed by atoms with E-state index in [1.807, 2.05) is 6.92 Å². The van der Waals surface area contributed by atoms with Crippen LogP contribution in [0.15, 0.2) is 18.5 Å². The molecule has 0 spiro atoms. The van der Waals surface area contributed by atoms with Crippen molar-refractivity contribution in [1.29, 1.82) is 0 Å². The minimum Gasteiger partial charge on any atom is -0.294 e. The van der Waals surface area contributed by atoms with E-state index in [0.29, 0.717) is 17.0 Å². The number of hydrogen-bond donors (Lipinski definition) is 0. The van der Waals surface area contributed by atoms with Gasteiger partial charge in [0.1, 0.15) is 0 Å². The van der Waals surface area contributed by atoms with Gasteiger partial charge in [-0.1, -0.05) is 18.5 Å². The van der Waals surface area contributed by atoms with Crippen molar-refractivity contribution < 1.29 is 4.79 Å². The minimum atomic E-state index is 0.104. The fourth-order valence-corrected chi connectivity index (χ4v) is 1.11. The van der Waals surface area contributed by atoms with Crippen molar-refractivity contribution >= 4 is 17.4 Å². The Kier molecular flexibility index (Phi) is 3.23. The van der Waals surface area contributed by atoms with Crippen LogP contribution >= 0.6 is 11.6 Å². The van der Waals surface area contributed by atoms with Gasteiger partial charge in [0.15, 0.2) is 5.78 Å². The number of ketones is 1. The number of hydrogen-bond acceptors (Lipinski definition) is 2. The molecule has 0 aliphatic heterocycles. The van der Waals surface area contributed by atoms with E-state index in [9.17, 15) is 4.79 Å². The van der Waals surface area contributed by atoms with Gasteiger partial charge in [-0.25, -0.2) is 0 Å². The SMILES string of the molecule is CCCC(=O)c1cncc(Cl)c1. The second-order valence-corrected chi connectivity index (χ2v) is 3.00. The smallest absolute Gasteiger partial charge is 0.164 e. The summed E-state index contributed by atoms with van der Waals surface area (Å²) in [5.41, 5.74) is 0.601. The summed E-state index contributed by atoms with van der Waals surface area (Å²) in [6.07, 6.45) is 4.47. The number of nitrogens with zero attached hydrogens (tertiary/aromatic N) is 1. The van der Waals surface area contributed by atoms with Crippen molar-refractivity contribution in [3.8, 4) is 0 Å². The zero-order chi connectivity index (χ0) is 8.97. The molecule has 0 fully saturated rings. The van der Waals surface area contributed by atoms with Crippen molar-refractivity contribution in [3.05, 3.63) is 29.0 Å². The third kappa shape index (κ3) is 2.31. The molecule has 0 aromatic carbocycles. The Labute approximate surface area is 76.6 Å². The van der Waals surface area contributed by atoms with Crippen LogP contribution in [0.1, 0.15) is 30.1 Å². The molecule has 1 rings (SSSR count). The van der Waals surface area contributed by atoms with Crippen LogP contribution in [0.2, 0.25) is 5.02 Å². The lowest BCUT2D eigenvalue weighted by atomic mass is 10.1. The van der Waals surface area contributed by atoms with Crippen LogP contribution in [-0.4, -0.2) is 10.8 Å². The third-order valence-electron chi connectivity index (χ3n) is 1.50. The third-order valence-corrected chi connectivity index (χ3v) is 1.71. The van der Waals surface area contributed by atoms with E-state index >= 15 is 0 Å². The van der Waals surface area contributed by atoms with Gasteiger partial charge in [-0.2, -0.15) is 0 Å². The van der Waals surface area contributed by atoms with Gasteiger partial charge in [-0.05, 0) is 12.5 Å². The molecule has 0 saturated heterocycles. The lowest BCUT2D eigenvalue weighted by Crippen LogP contribution is -1.98. The Hall–Kier alpha value is -0.890. The van der Waals surface area contributed by atoms with Crippen LogP contribution in [-0.2, 0) is 0 Å². The fourth-order valence-electron chi connectivity index (χ4n) is 0.936. The van der Waals surface area contributed by atoms with Crippen LogP contribution in [0.25, 0.3) is 0 Å². The summed E-state index contributed by atoms with van der Waals surface area (Å²) in [5.74, 6) is 0.104. The molecule has 1 aromatic rings. The number of pyridine rings is 1. The zero-order valence-corrected chi connectivity index (χ0v) is 7.64. The van der Waals surface area contributed by atoms with E-state index in [0.717, 1.165) is 6.42 Å². The number of rotatable bonds is 3. The molecule has 0 radical (unpaired) electrons. The monoisotopic (exact) mass is 183 g/mol. The molecular formula is C9H10ClNO. The average molecular weight is 184 g/mol. The Morgan fingerprint density at radius 2 is 2.33 bits per heavy atom. The Morgan fingerprint density at radius 1 is 1.58 bits per heavy atom. The highest BCUT2D eigenvalue weighted by Gasteiger charge is 2.04. The first kappa shape index (κ1) is 9.20. The predicted molar refractivity (Wildman–Crippen MR) is 48.5 cm³/mol. The topological polar surface area (TPSA) is 30.0 Å². The van der Waals surface area contributed by atoms with E-state index in [4.69, 9.17) is 11.6 Å². The highest BCUT2D eigenvalue weighted by Crippen LogP contribution is 2.10. The predicted octanol–water partition coefficient (Wildman–Crippen LogP) is 2.72. The summed E-state index contributed by atoms with van der Waals surface area (Å²) < 4.78 is 0. The molecule has 0 amide bonds. The maximum atomic E-state index is 11.3. The minimum absolute atomic E-state index is 0.104. The van der Waals surface area contributed by atoms with Gasteiger partial charge < -0.3 is 0 Å². The van der Waals surface area contributed by atoms with Crippen LogP contribution in [0.3, 0.4) is 0 Å². The Bertz CT molecular complexity index is 286. The molecule has 3 heteroatoms. The second kappa shape index (κ2) is 4.21. The second-order valence-electron chi connectivity index (χ2n) is 2.57. The first-order valence-corrected chi connectivity index (χ1v) is 4.25. The van der Waals surface area contributed by atoms with E-state index in [-0.39, 0.29) is 5.78 Å². The summed E-state index contributed by atoms with van der Waals surface area (Å²) in [7, 11) is 0. The van der Waals surface area contributed by atoms with Crippen molar-refractivity contribution in [2.24, 2.45) is 0 Å². The molecule has 1 heterocycles. The number of carbonyl (C=O) groups excluding carboxylic acids is 1. The molecule has 0 aliphatic rings. The molecule has 2 nitrogen and oxygen atoms in total. The fraction of sp³-hybridized carbons (Fsp3) is 0.333. The molecule has 1 aromatic heterocycles. The maximum absolute atomic E-state index is 11.3. The lowest BCUT2D eigenvalue weighted by molar-refractivity contribution is 0.0981. The zero-order valence-electron chi connectivity index (χ0n) is 6.88. The number of aromatic nitrogens is 1. The largest absolute Gasteiger partial charge is 0.294 e. The maximum Gasteiger partial charge on any atom is 0.164 e. The van der Waals surface area contributed by atoms with Crippen LogP contribution in [0, 0.1) is 0 Å². The molecule has 0 saturated carbocycles. The number of carbonyl (C=O) groups is 1. The summed E-state index contributed by atoms with van der Waals surface area (Å²) in [4.78, 5) is 15.1. The van der Waals surface area contributed by atoms with Crippen molar-refractivity contribution in [2.45, 2.75) is 19.8 Å². The standard InChI is InChI=1S/C9H10ClNO/c1-2-3-9(12)7-4-8(10)6-11-5-7/h4-6H,2-3H2,1H3. The molecule has 64 valence electrons. The molecule has 0 aliphatic carbocycles. The van der Waals surface area contributed by atoms with Gasteiger partial charge in [-0.3, -0.25) is 9.78 Å². The first-order valence-electron chi connectivity index (χ1n) is 3.87. The van der Waals surface area contributed by atoms with E-state index < -0.39 is 0 Å². The summed E-state index contributed by atoms with van der Waals surface area (Å²) in [6, 6.07) is 1.65. The van der Waals surface area contributed by atoms with Gasteiger partial charge in [0, 0.05) is 24.4 Å². The number of halogens is 1. The summed E-state index contributed by atoms with van der Waals surface area (Å²) in [5, 5.41) is 0.511. The van der Waals surface area contributed by atoms with E-state index in [1.165, 1.54) is 6.20 Å². The molecule has 0 unspecified atom stereocenters. The van der Waals surface area contributed by atoms with Gasteiger partial charge in [0.25, 0.3) is 0 Å². The van der Waals surface area contributed by atoms with Crippen molar-refractivity contribution in [1.82, 2.24) is 4.98 Å². The Morgan fingerprint density at radius 3 is 2.92 bits per heavy atom. The first-order chi connectivity index (χ1) is 5.74. The van der Waals surface area contributed by atoms with Gasteiger partial charge >= 0.3 is 0 Å². The summed E-state index contributed by atoms with van der Waals surface area (Å²) in [6.45, 7) is 1.97. The molecule has 0 N–H and O–H groups in total.